The van der Waals surface area contributed by atoms with Crippen LogP contribution in [0.3, 0.4) is 0 Å². The third-order valence-electron chi connectivity index (χ3n) is 3.44. The highest BCUT2D eigenvalue weighted by Gasteiger charge is 2.29. The molecule has 1 aromatic rings. The van der Waals surface area contributed by atoms with Gasteiger partial charge in [0.25, 0.3) is 10.0 Å². The van der Waals surface area contributed by atoms with Crippen molar-refractivity contribution in [1.29, 1.82) is 0 Å². The summed E-state index contributed by atoms with van der Waals surface area (Å²) in [5, 5.41) is 3.21. The molecule has 2 heterocycles. The molecule has 0 aliphatic carbocycles. The SMILES string of the molecule is CCc1ccc(S(=O)(=O)N2CCC(NC)CC2)s1. The summed E-state index contributed by atoms with van der Waals surface area (Å²) < 4.78 is 27.0. The van der Waals surface area contributed by atoms with Crippen molar-refractivity contribution in [3.8, 4) is 0 Å². The van der Waals surface area contributed by atoms with Crippen LogP contribution in [0.25, 0.3) is 0 Å². The second-order valence-corrected chi connectivity index (χ2v) is 7.87. The van der Waals surface area contributed by atoms with Gasteiger partial charge in [0.2, 0.25) is 0 Å². The molecule has 0 amide bonds. The van der Waals surface area contributed by atoms with Crippen LogP contribution in [-0.4, -0.2) is 38.9 Å². The van der Waals surface area contributed by atoms with Gasteiger partial charge in [0, 0.05) is 24.0 Å². The molecule has 1 aliphatic heterocycles. The van der Waals surface area contributed by atoms with Crippen molar-refractivity contribution in [2.45, 2.75) is 36.4 Å². The second-order valence-electron chi connectivity index (χ2n) is 4.54. The first-order valence-electron chi connectivity index (χ1n) is 6.34. The van der Waals surface area contributed by atoms with Crippen LogP contribution in [-0.2, 0) is 16.4 Å². The predicted molar refractivity (Wildman–Crippen MR) is 74.5 cm³/mol. The fourth-order valence-electron chi connectivity index (χ4n) is 2.20. The monoisotopic (exact) mass is 288 g/mol. The molecule has 0 aromatic carbocycles. The van der Waals surface area contributed by atoms with Crippen LogP contribution in [0, 0.1) is 0 Å². The Labute approximate surface area is 113 Å². The topological polar surface area (TPSA) is 49.4 Å². The van der Waals surface area contributed by atoms with Crippen molar-refractivity contribution in [3.63, 3.8) is 0 Å². The maximum Gasteiger partial charge on any atom is 0.252 e. The minimum Gasteiger partial charge on any atom is -0.317 e. The molecule has 0 unspecified atom stereocenters. The number of nitrogens with zero attached hydrogens (tertiary/aromatic N) is 1. The molecule has 1 aliphatic rings. The van der Waals surface area contributed by atoms with Gasteiger partial charge in [0.05, 0.1) is 0 Å². The zero-order chi connectivity index (χ0) is 13.2. The van der Waals surface area contributed by atoms with Crippen LogP contribution in [0.4, 0.5) is 0 Å². The highest BCUT2D eigenvalue weighted by Crippen LogP contribution is 2.27. The van der Waals surface area contributed by atoms with Gasteiger partial charge in [-0.2, -0.15) is 4.31 Å². The lowest BCUT2D eigenvalue weighted by Crippen LogP contribution is -2.43. The number of hydrogen-bond acceptors (Lipinski definition) is 4. The Kier molecular flexibility index (Phi) is 4.42. The Balaban J connectivity index is 2.12. The minimum atomic E-state index is -3.26. The third kappa shape index (κ3) is 2.77. The highest BCUT2D eigenvalue weighted by atomic mass is 32.2. The molecule has 1 aromatic heterocycles. The summed E-state index contributed by atoms with van der Waals surface area (Å²) in [6.07, 6.45) is 2.67. The van der Waals surface area contributed by atoms with Gasteiger partial charge in [-0.3, -0.25) is 0 Å². The van der Waals surface area contributed by atoms with Gasteiger partial charge in [-0.15, -0.1) is 11.3 Å². The quantitative estimate of drug-likeness (QED) is 0.917. The Morgan fingerprint density at radius 1 is 1.39 bits per heavy atom. The van der Waals surface area contributed by atoms with Crippen molar-refractivity contribution in [2.75, 3.05) is 20.1 Å². The van der Waals surface area contributed by atoms with Crippen LogP contribution in [0.5, 0.6) is 0 Å². The highest BCUT2D eigenvalue weighted by molar-refractivity contribution is 7.91. The largest absolute Gasteiger partial charge is 0.317 e. The molecule has 0 atom stereocenters. The third-order valence-corrected chi connectivity index (χ3v) is 7.04. The summed E-state index contributed by atoms with van der Waals surface area (Å²) in [4.78, 5) is 1.12. The summed E-state index contributed by atoms with van der Waals surface area (Å²) in [7, 11) is -1.33. The Morgan fingerprint density at radius 3 is 2.56 bits per heavy atom. The fourth-order valence-corrected chi connectivity index (χ4v) is 5.12. The normalized spacial score (nSPS) is 19.2. The van der Waals surface area contributed by atoms with E-state index >= 15 is 0 Å². The first kappa shape index (κ1) is 14.0. The van der Waals surface area contributed by atoms with Crippen molar-refractivity contribution in [1.82, 2.24) is 9.62 Å². The molecule has 0 bridgehead atoms. The molecule has 102 valence electrons. The summed E-state index contributed by atoms with van der Waals surface area (Å²) in [6, 6.07) is 4.10. The fraction of sp³-hybridized carbons (Fsp3) is 0.667. The Hall–Kier alpha value is -0.430. The molecule has 0 saturated carbocycles. The van der Waals surface area contributed by atoms with Crippen LogP contribution in [0.2, 0.25) is 0 Å². The summed E-state index contributed by atoms with van der Waals surface area (Å²) in [6.45, 7) is 3.28. The van der Waals surface area contributed by atoms with E-state index in [1.165, 1.54) is 11.3 Å². The summed E-state index contributed by atoms with van der Waals surface area (Å²) in [5.41, 5.74) is 0. The van der Waals surface area contributed by atoms with Gasteiger partial charge >= 0.3 is 0 Å². The van der Waals surface area contributed by atoms with E-state index in [0.717, 1.165) is 24.1 Å². The minimum absolute atomic E-state index is 0.450. The molecule has 1 fully saturated rings. The van der Waals surface area contributed by atoms with Gasteiger partial charge in [0.1, 0.15) is 4.21 Å². The number of thiophene rings is 1. The van der Waals surface area contributed by atoms with E-state index in [4.69, 9.17) is 0 Å². The molecule has 1 N–H and O–H groups in total. The van der Waals surface area contributed by atoms with E-state index in [-0.39, 0.29) is 0 Å². The zero-order valence-corrected chi connectivity index (χ0v) is 12.5. The zero-order valence-electron chi connectivity index (χ0n) is 10.8. The average molecular weight is 288 g/mol. The average Bonchev–Trinajstić information content (AvgIpc) is 2.88. The van der Waals surface area contributed by atoms with Crippen LogP contribution in [0.1, 0.15) is 24.6 Å². The van der Waals surface area contributed by atoms with E-state index in [2.05, 4.69) is 5.32 Å². The number of hydrogen-bond donors (Lipinski definition) is 1. The lowest BCUT2D eigenvalue weighted by atomic mass is 10.1. The van der Waals surface area contributed by atoms with E-state index < -0.39 is 10.0 Å². The smallest absolute Gasteiger partial charge is 0.252 e. The van der Waals surface area contributed by atoms with Gasteiger partial charge in [-0.1, -0.05) is 6.92 Å². The maximum atomic E-state index is 12.4. The summed E-state index contributed by atoms with van der Waals surface area (Å²) in [5.74, 6) is 0. The van der Waals surface area contributed by atoms with Gasteiger partial charge in [-0.25, -0.2) is 8.42 Å². The molecule has 6 heteroatoms. The van der Waals surface area contributed by atoms with Crippen molar-refractivity contribution < 1.29 is 8.42 Å². The molecule has 2 rings (SSSR count). The molecule has 0 spiro atoms. The molecule has 0 radical (unpaired) electrons. The first-order chi connectivity index (χ1) is 8.57. The van der Waals surface area contributed by atoms with Gasteiger partial charge < -0.3 is 5.32 Å². The first-order valence-corrected chi connectivity index (χ1v) is 8.59. The van der Waals surface area contributed by atoms with E-state index in [9.17, 15) is 8.42 Å². The lowest BCUT2D eigenvalue weighted by Gasteiger charge is -2.30. The van der Waals surface area contributed by atoms with Gasteiger partial charge in [-0.05, 0) is 38.4 Å². The predicted octanol–water partition coefficient (Wildman–Crippen LogP) is 1.68. The molecule has 18 heavy (non-hydrogen) atoms. The number of nitrogens with one attached hydrogen (secondary N) is 1. The maximum absolute atomic E-state index is 12.4. The molecular formula is C12H20N2O2S2. The Morgan fingerprint density at radius 2 is 2.06 bits per heavy atom. The molecular weight excluding hydrogens is 268 g/mol. The van der Waals surface area contributed by atoms with Gasteiger partial charge in [0.15, 0.2) is 0 Å². The van der Waals surface area contributed by atoms with E-state index in [0.29, 0.717) is 23.3 Å². The van der Waals surface area contributed by atoms with Crippen molar-refractivity contribution >= 4 is 21.4 Å². The second kappa shape index (κ2) is 5.69. The number of rotatable bonds is 4. The number of sulfonamides is 1. The van der Waals surface area contributed by atoms with Crippen LogP contribution >= 0.6 is 11.3 Å². The number of piperidine rings is 1. The van der Waals surface area contributed by atoms with E-state index in [1.54, 1.807) is 10.4 Å². The van der Waals surface area contributed by atoms with Crippen molar-refractivity contribution in [3.05, 3.63) is 17.0 Å². The van der Waals surface area contributed by atoms with Crippen LogP contribution < -0.4 is 5.32 Å². The molecule has 4 nitrogen and oxygen atoms in total. The van der Waals surface area contributed by atoms with E-state index in [1.807, 2.05) is 20.0 Å². The van der Waals surface area contributed by atoms with Crippen molar-refractivity contribution in [2.24, 2.45) is 0 Å². The molecule has 1 saturated heterocycles. The summed E-state index contributed by atoms with van der Waals surface area (Å²) >= 11 is 1.39. The lowest BCUT2D eigenvalue weighted by molar-refractivity contribution is 0.299. The number of aryl methyl sites for hydroxylation is 1. The van der Waals surface area contributed by atoms with Crippen LogP contribution in [0.15, 0.2) is 16.3 Å². The standard InChI is InChI=1S/C12H20N2O2S2/c1-3-11-4-5-12(17-11)18(15,16)14-8-6-10(13-2)7-9-14/h4-5,10,13H,3,6-9H2,1-2H3. The Bertz CT molecular complexity index is 488.